The van der Waals surface area contributed by atoms with Crippen molar-refractivity contribution in [2.45, 2.75) is 51.4 Å². The molecule has 0 fully saturated rings. The first kappa shape index (κ1) is 18.0. The maximum absolute atomic E-state index is 11.5. The van der Waals surface area contributed by atoms with Crippen LogP contribution in [0.3, 0.4) is 0 Å². The van der Waals surface area contributed by atoms with Crippen LogP contribution in [0.4, 0.5) is 0 Å². The quantitative estimate of drug-likeness (QED) is 0.647. The highest BCUT2D eigenvalue weighted by molar-refractivity contribution is 5.69. The predicted molar refractivity (Wildman–Crippen MR) is 85.7 cm³/mol. The highest BCUT2D eigenvalue weighted by Gasteiger charge is 2.31. The highest BCUT2D eigenvalue weighted by Crippen LogP contribution is 2.35. The third-order valence-corrected chi connectivity index (χ3v) is 3.80. The summed E-state index contributed by atoms with van der Waals surface area (Å²) in [5.41, 5.74) is 0.385. The Balaban J connectivity index is 2.89. The number of hydrogen-bond acceptors (Lipinski definition) is 4. The Labute approximate surface area is 133 Å². The lowest BCUT2D eigenvalue weighted by atomic mass is 9.74. The van der Waals surface area contributed by atoms with Gasteiger partial charge in [0, 0.05) is 6.42 Å². The molecule has 0 N–H and O–H groups in total. The van der Waals surface area contributed by atoms with Gasteiger partial charge in [-0.05, 0) is 43.9 Å². The number of esters is 1. The van der Waals surface area contributed by atoms with E-state index in [1.54, 1.807) is 14.0 Å². The van der Waals surface area contributed by atoms with E-state index in [0.717, 1.165) is 24.2 Å². The number of carbonyl (C=O) groups is 1. The summed E-state index contributed by atoms with van der Waals surface area (Å²) in [7, 11) is 1.62. The fourth-order valence-corrected chi connectivity index (χ4v) is 2.71. The molecule has 1 unspecified atom stereocenters. The fourth-order valence-electron chi connectivity index (χ4n) is 2.71. The standard InChI is InChI=1S/C18H25NO3/c1-4-11-18(14-19,12-7-10-17(20)22-5-2)15-8-6-9-16(13-15)21-3/h6,8-9,13H,4-5,7,10-12H2,1-3H3. The molecule has 120 valence electrons. The molecular formula is C18H25NO3. The van der Waals surface area contributed by atoms with Crippen molar-refractivity contribution in [3.63, 3.8) is 0 Å². The predicted octanol–water partition coefficient (Wildman–Crippen LogP) is 3.99. The molecule has 0 radical (unpaired) electrons. The Kier molecular flexibility index (Phi) is 7.45. The molecule has 0 amide bonds. The first-order valence-electron chi connectivity index (χ1n) is 7.83. The molecule has 0 spiro atoms. The van der Waals surface area contributed by atoms with E-state index >= 15 is 0 Å². The van der Waals surface area contributed by atoms with Crippen LogP contribution in [0, 0.1) is 11.3 Å². The number of methoxy groups -OCH3 is 1. The van der Waals surface area contributed by atoms with Gasteiger partial charge in [0.25, 0.3) is 0 Å². The Morgan fingerprint density at radius 2 is 2.09 bits per heavy atom. The minimum Gasteiger partial charge on any atom is -0.497 e. The third-order valence-electron chi connectivity index (χ3n) is 3.80. The van der Waals surface area contributed by atoms with Gasteiger partial charge in [-0.2, -0.15) is 5.26 Å². The maximum atomic E-state index is 11.5. The Bertz CT molecular complexity index is 521. The number of carbonyl (C=O) groups excluding carboxylic acids is 1. The van der Waals surface area contributed by atoms with Crippen LogP contribution in [0.2, 0.25) is 0 Å². The maximum Gasteiger partial charge on any atom is 0.305 e. The normalized spacial score (nSPS) is 13.0. The van der Waals surface area contributed by atoms with E-state index in [0.29, 0.717) is 25.9 Å². The zero-order valence-corrected chi connectivity index (χ0v) is 13.7. The van der Waals surface area contributed by atoms with Gasteiger partial charge in [-0.25, -0.2) is 0 Å². The largest absolute Gasteiger partial charge is 0.497 e. The van der Waals surface area contributed by atoms with E-state index in [2.05, 4.69) is 13.0 Å². The summed E-state index contributed by atoms with van der Waals surface area (Å²) in [4.78, 5) is 11.5. The van der Waals surface area contributed by atoms with Gasteiger partial charge >= 0.3 is 5.97 Å². The molecule has 0 aliphatic rings. The van der Waals surface area contributed by atoms with Crippen molar-refractivity contribution < 1.29 is 14.3 Å². The number of hydrogen-bond donors (Lipinski definition) is 0. The van der Waals surface area contributed by atoms with E-state index < -0.39 is 5.41 Å². The number of ether oxygens (including phenoxy) is 2. The molecule has 1 aromatic carbocycles. The second-order valence-corrected chi connectivity index (χ2v) is 5.33. The molecule has 0 aromatic heterocycles. The molecule has 0 aliphatic heterocycles. The molecule has 0 saturated heterocycles. The van der Waals surface area contributed by atoms with Crippen LogP contribution in [0.15, 0.2) is 24.3 Å². The van der Waals surface area contributed by atoms with E-state index in [1.807, 2.05) is 24.3 Å². The van der Waals surface area contributed by atoms with Crippen LogP contribution in [0.25, 0.3) is 0 Å². The summed E-state index contributed by atoms with van der Waals surface area (Å²) >= 11 is 0. The summed E-state index contributed by atoms with van der Waals surface area (Å²) < 4.78 is 10.2. The van der Waals surface area contributed by atoms with Crippen molar-refractivity contribution in [3.05, 3.63) is 29.8 Å². The van der Waals surface area contributed by atoms with Gasteiger partial charge in [-0.3, -0.25) is 4.79 Å². The summed E-state index contributed by atoms with van der Waals surface area (Å²) in [6, 6.07) is 10.1. The van der Waals surface area contributed by atoms with Gasteiger partial charge in [0.1, 0.15) is 5.75 Å². The van der Waals surface area contributed by atoms with Crippen molar-refractivity contribution in [2.24, 2.45) is 0 Å². The number of nitrogens with zero attached hydrogens (tertiary/aromatic N) is 1. The zero-order chi connectivity index (χ0) is 16.4. The van der Waals surface area contributed by atoms with Crippen LogP contribution in [0.1, 0.15) is 51.5 Å². The molecule has 0 aliphatic carbocycles. The molecule has 0 heterocycles. The highest BCUT2D eigenvalue weighted by atomic mass is 16.5. The van der Waals surface area contributed by atoms with Gasteiger partial charge in [-0.15, -0.1) is 0 Å². The lowest BCUT2D eigenvalue weighted by molar-refractivity contribution is -0.143. The Morgan fingerprint density at radius 1 is 1.32 bits per heavy atom. The topological polar surface area (TPSA) is 59.3 Å². The SMILES string of the molecule is CCCC(C#N)(CCCC(=O)OCC)c1cccc(OC)c1. The van der Waals surface area contributed by atoms with Crippen LogP contribution < -0.4 is 4.74 Å². The smallest absolute Gasteiger partial charge is 0.305 e. The van der Waals surface area contributed by atoms with E-state index in [9.17, 15) is 10.1 Å². The molecule has 4 heteroatoms. The van der Waals surface area contributed by atoms with Crippen LogP contribution >= 0.6 is 0 Å². The average Bonchev–Trinajstić information content (AvgIpc) is 2.54. The lowest BCUT2D eigenvalue weighted by Crippen LogP contribution is -2.24. The van der Waals surface area contributed by atoms with E-state index in [-0.39, 0.29) is 5.97 Å². The number of nitriles is 1. The average molecular weight is 303 g/mol. The monoisotopic (exact) mass is 303 g/mol. The summed E-state index contributed by atoms with van der Waals surface area (Å²) in [6.45, 7) is 4.26. The van der Waals surface area contributed by atoms with Gasteiger partial charge in [0.15, 0.2) is 0 Å². The van der Waals surface area contributed by atoms with Crippen molar-refractivity contribution in [1.82, 2.24) is 0 Å². The first-order valence-corrected chi connectivity index (χ1v) is 7.83. The first-order chi connectivity index (χ1) is 10.6. The van der Waals surface area contributed by atoms with Crippen LogP contribution in [0.5, 0.6) is 5.75 Å². The molecule has 0 saturated carbocycles. The van der Waals surface area contributed by atoms with Gasteiger partial charge in [0.05, 0.1) is 25.2 Å². The van der Waals surface area contributed by atoms with Crippen LogP contribution in [-0.4, -0.2) is 19.7 Å². The molecule has 1 atom stereocenters. The van der Waals surface area contributed by atoms with Crippen LogP contribution in [-0.2, 0) is 14.9 Å². The second-order valence-electron chi connectivity index (χ2n) is 5.33. The van der Waals surface area contributed by atoms with E-state index in [1.165, 1.54) is 0 Å². The minimum atomic E-state index is -0.574. The van der Waals surface area contributed by atoms with Gasteiger partial charge in [0.2, 0.25) is 0 Å². The third kappa shape index (κ3) is 4.77. The lowest BCUT2D eigenvalue weighted by Gasteiger charge is -2.27. The summed E-state index contributed by atoms with van der Waals surface area (Å²) in [5, 5.41) is 9.79. The number of rotatable bonds is 9. The fraction of sp³-hybridized carbons (Fsp3) is 0.556. The zero-order valence-electron chi connectivity index (χ0n) is 13.7. The number of benzene rings is 1. The molecule has 22 heavy (non-hydrogen) atoms. The van der Waals surface area contributed by atoms with Crippen molar-refractivity contribution in [1.29, 1.82) is 5.26 Å². The van der Waals surface area contributed by atoms with E-state index in [4.69, 9.17) is 9.47 Å². The van der Waals surface area contributed by atoms with Crippen molar-refractivity contribution in [3.8, 4) is 11.8 Å². The van der Waals surface area contributed by atoms with Gasteiger partial charge in [-0.1, -0.05) is 25.5 Å². The molecule has 1 aromatic rings. The Hall–Kier alpha value is -2.02. The summed E-state index contributed by atoms with van der Waals surface area (Å²) in [5.74, 6) is 0.551. The van der Waals surface area contributed by atoms with Gasteiger partial charge < -0.3 is 9.47 Å². The molecule has 4 nitrogen and oxygen atoms in total. The Morgan fingerprint density at radius 3 is 2.68 bits per heavy atom. The second kappa shape index (κ2) is 9.09. The minimum absolute atomic E-state index is 0.198. The molecular weight excluding hydrogens is 278 g/mol. The molecule has 1 rings (SSSR count). The summed E-state index contributed by atoms with van der Waals surface area (Å²) in [6.07, 6.45) is 3.31. The van der Waals surface area contributed by atoms with Crippen molar-refractivity contribution in [2.75, 3.05) is 13.7 Å². The van der Waals surface area contributed by atoms with Crippen molar-refractivity contribution >= 4 is 5.97 Å². The molecule has 0 bridgehead atoms.